The van der Waals surface area contributed by atoms with Crippen LogP contribution in [0.2, 0.25) is 0 Å². The molecule has 4 rings (SSSR count). The Morgan fingerprint density at radius 3 is 2.63 bits per heavy atom. The summed E-state index contributed by atoms with van der Waals surface area (Å²) < 4.78 is 35.0. The Morgan fingerprint density at radius 2 is 1.87 bits per heavy atom. The predicted octanol–water partition coefficient (Wildman–Crippen LogP) is 4.16. The van der Waals surface area contributed by atoms with Crippen molar-refractivity contribution in [3.63, 3.8) is 0 Å². The molecule has 0 aliphatic carbocycles. The molecule has 2 N–H and O–H groups in total. The molecule has 2 heterocycles. The van der Waals surface area contributed by atoms with Crippen molar-refractivity contribution in [3.8, 4) is 10.0 Å². The summed E-state index contributed by atoms with van der Waals surface area (Å²) in [4.78, 5) is 0. The first-order valence-electron chi connectivity index (χ1n) is 10.0. The molecule has 0 saturated carbocycles. The van der Waals surface area contributed by atoms with Gasteiger partial charge < -0.3 is 0 Å². The molecule has 3 unspecified atom stereocenters. The molecule has 3 aromatic rings. The predicted molar refractivity (Wildman–Crippen MR) is 113 cm³/mol. The van der Waals surface area contributed by atoms with E-state index in [9.17, 15) is 19.0 Å². The first-order chi connectivity index (χ1) is 14.4. The standard InChI is InChI=1S/C24H24F2O3Se/c1-14-2-3-15(23-12-18(28)11-19(13-27)29-23)8-17(14)9-20-5-7-24(30-20)16-4-6-21(25)22(26)10-16/h2-8,10,18-19,23,27-28H,9,11-13H2,1H3. The Morgan fingerprint density at radius 1 is 1.03 bits per heavy atom. The second kappa shape index (κ2) is 9.13. The fourth-order valence-electron chi connectivity index (χ4n) is 3.87. The minimum absolute atomic E-state index is 0.0478. The molecule has 3 nitrogen and oxygen atoms in total. The number of rotatable bonds is 5. The molecule has 1 aliphatic rings. The zero-order valence-corrected chi connectivity index (χ0v) is 18.4. The average molecular weight is 477 g/mol. The van der Waals surface area contributed by atoms with E-state index in [0.29, 0.717) is 12.8 Å². The van der Waals surface area contributed by atoms with E-state index in [-0.39, 0.29) is 33.3 Å². The summed E-state index contributed by atoms with van der Waals surface area (Å²) in [6, 6.07) is 14.3. The van der Waals surface area contributed by atoms with Crippen LogP contribution in [0.3, 0.4) is 0 Å². The van der Waals surface area contributed by atoms with Gasteiger partial charge in [-0.05, 0) is 0 Å². The van der Waals surface area contributed by atoms with Crippen molar-refractivity contribution < 1.29 is 23.7 Å². The van der Waals surface area contributed by atoms with Crippen molar-refractivity contribution in [1.29, 1.82) is 0 Å². The fraction of sp³-hybridized carbons (Fsp3) is 0.333. The van der Waals surface area contributed by atoms with Gasteiger partial charge in [0.05, 0.1) is 0 Å². The Labute approximate surface area is 180 Å². The number of halogens is 2. The number of aryl methyl sites for hydroxylation is 1. The zero-order valence-electron chi connectivity index (χ0n) is 16.6. The van der Waals surface area contributed by atoms with Crippen molar-refractivity contribution >= 4 is 14.5 Å². The van der Waals surface area contributed by atoms with Gasteiger partial charge in [-0.2, -0.15) is 0 Å². The summed E-state index contributed by atoms with van der Waals surface area (Å²) in [5.74, 6) is -1.65. The molecule has 3 atom stereocenters. The van der Waals surface area contributed by atoms with Crippen LogP contribution in [0, 0.1) is 18.6 Å². The molecule has 1 fully saturated rings. The van der Waals surface area contributed by atoms with Gasteiger partial charge in [-0.15, -0.1) is 0 Å². The van der Waals surface area contributed by atoms with Crippen LogP contribution in [0.1, 0.15) is 40.1 Å². The van der Waals surface area contributed by atoms with Gasteiger partial charge in [-0.25, -0.2) is 0 Å². The first-order valence-corrected chi connectivity index (χ1v) is 11.7. The van der Waals surface area contributed by atoms with Gasteiger partial charge in [0.2, 0.25) is 0 Å². The molecule has 0 spiro atoms. The van der Waals surface area contributed by atoms with E-state index >= 15 is 0 Å². The molecule has 0 amide bonds. The van der Waals surface area contributed by atoms with Crippen molar-refractivity contribution in [2.24, 2.45) is 0 Å². The summed E-state index contributed by atoms with van der Waals surface area (Å²) in [6.45, 7) is 1.97. The molecule has 1 saturated heterocycles. The fourth-order valence-corrected chi connectivity index (χ4v) is 6.02. The summed E-state index contributed by atoms with van der Waals surface area (Å²) in [5.41, 5.74) is 4.09. The molecule has 0 radical (unpaired) electrons. The Bertz CT molecular complexity index is 1030. The number of ether oxygens (including phenoxy) is 1. The third kappa shape index (κ3) is 4.74. The summed E-state index contributed by atoms with van der Waals surface area (Å²) >= 11 is 0.0478. The molecule has 2 aromatic carbocycles. The van der Waals surface area contributed by atoms with Crippen LogP contribution in [-0.4, -0.2) is 43.5 Å². The van der Waals surface area contributed by atoms with E-state index < -0.39 is 17.7 Å². The Balaban J connectivity index is 1.54. The number of hydrogen-bond donors (Lipinski definition) is 2. The maximum absolute atomic E-state index is 13.6. The molecular formula is C24H24F2O3Se. The normalized spacial score (nSPS) is 21.7. The Kier molecular flexibility index (Phi) is 6.51. The summed E-state index contributed by atoms with van der Waals surface area (Å²) in [7, 11) is 0. The van der Waals surface area contributed by atoms with Crippen molar-refractivity contribution in [1.82, 2.24) is 0 Å². The van der Waals surface area contributed by atoms with Crippen LogP contribution in [0.25, 0.3) is 10.0 Å². The van der Waals surface area contributed by atoms with E-state index in [1.165, 1.54) is 27.7 Å². The molecule has 6 heteroatoms. The third-order valence-corrected chi connectivity index (χ3v) is 7.94. The zero-order chi connectivity index (χ0) is 21.3. The summed E-state index contributed by atoms with van der Waals surface area (Å²) in [5, 5.41) is 19.5. The first kappa shape index (κ1) is 21.4. The SMILES string of the molecule is Cc1ccc(C2CC(O)CC(CO)O2)cc1Cc1ccc(-c2ccc(F)c(F)c2)[se]1. The van der Waals surface area contributed by atoms with Crippen molar-refractivity contribution in [3.05, 3.63) is 81.3 Å². The second-order valence-corrected chi connectivity index (χ2v) is 10.3. The van der Waals surface area contributed by atoms with Crippen LogP contribution in [0.4, 0.5) is 8.78 Å². The van der Waals surface area contributed by atoms with Gasteiger partial charge in [0.25, 0.3) is 0 Å². The quantitative estimate of drug-likeness (QED) is 0.543. The molecule has 30 heavy (non-hydrogen) atoms. The van der Waals surface area contributed by atoms with Gasteiger partial charge in [0.1, 0.15) is 0 Å². The van der Waals surface area contributed by atoms with Gasteiger partial charge in [0.15, 0.2) is 0 Å². The molecule has 158 valence electrons. The molecular weight excluding hydrogens is 453 g/mol. The van der Waals surface area contributed by atoms with E-state index in [1.807, 2.05) is 12.1 Å². The van der Waals surface area contributed by atoms with Crippen molar-refractivity contribution in [2.75, 3.05) is 6.61 Å². The molecule has 0 bridgehead atoms. The monoisotopic (exact) mass is 478 g/mol. The van der Waals surface area contributed by atoms with E-state index in [4.69, 9.17) is 4.74 Å². The maximum atomic E-state index is 13.6. The number of aliphatic hydroxyl groups is 2. The topological polar surface area (TPSA) is 49.7 Å². The van der Waals surface area contributed by atoms with Gasteiger partial charge in [-0.3, -0.25) is 0 Å². The number of aliphatic hydroxyl groups excluding tert-OH is 2. The number of hydrogen-bond acceptors (Lipinski definition) is 3. The van der Waals surface area contributed by atoms with Gasteiger partial charge in [0, 0.05) is 0 Å². The van der Waals surface area contributed by atoms with Gasteiger partial charge >= 0.3 is 181 Å². The second-order valence-electron chi connectivity index (χ2n) is 7.81. The van der Waals surface area contributed by atoms with Crippen LogP contribution < -0.4 is 0 Å². The molecule has 1 aliphatic heterocycles. The summed E-state index contributed by atoms with van der Waals surface area (Å²) in [6.07, 6.45) is 0.709. The molecule has 1 aromatic heterocycles. The van der Waals surface area contributed by atoms with E-state index in [0.717, 1.165) is 22.0 Å². The van der Waals surface area contributed by atoms with E-state index in [1.54, 1.807) is 6.07 Å². The van der Waals surface area contributed by atoms with E-state index in [2.05, 4.69) is 25.1 Å². The van der Waals surface area contributed by atoms with Crippen LogP contribution in [0.5, 0.6) is 0 Å². The van der Waals surface area contributed by atoms with Crippen LogP contribution >= 0.6 is 0 Å². The van der Waals surface area contributed by atoms with Crippen molar-refractivity contribution in [2.45, 2.75) is 44.5 Å². The Hall–Kier alpha value is -1.82. The number of benzene rings is 2. The van der Waals surface area contributed by atoms with Crippen LogP contribution in [0.15, 0.2) is 48.5 Å². The third-order valence-electron chi connectivity index (χ3n) is 5.56. The average Bonchev–Trinajstić information content (AvgIpc) is 3.19. The van der Waals surface area contributed by atoms with Crippen LogP contribution in [-0.2, 0) is 11.2 Å². The van der Waals surface area contributed by atoms with Gasteiger partial charge in [-0.1, -0.05) is 0 Å². The minimum atomic E-state index is -0.830.